The molecule has 0 unspecified atom stereocenters. The van der Waals surface area contributed by atoms with Gasteiger partial charge in [0.2, 0.25) is 0 Å². The van der Waals surface area contributed by atoms with Crippen LogP contribution in [0.2, 0.25) is 0 Å². The molecule has 0 aliphatic carbocycles. The van der Waals surface area contributed by atoms with Gasteiger partial charge in [0.15, 0.2) is 11.5 Å². The number of aryl methyl sites for hydroxylation is 1. The van der Waals surface area contributed by atoms with Crippen molar-refractivity contribution in [3.8, 4) is 0 Å². The lowest BCUT2D eigenvalue weighted by molar-refractivity contribution is 0.0996. The van der Waals surface area contributed by atoms with E-state index in [1.165, 1.54) is 15.8 Å². The smallest absolute Gasteiger partial charge is 0.273 e. The van der Waals surface area contributed by atoms with Crippen molar-refractivity contribution in [3.05, 3.63) is 40.6 Å². The standard InChI is InChI=1S/C12H15N5O/c1-7-4-3-5-9(8(7)2)6-17-11(13)10(12(14)18)15-16-17/h3-5H,6,13H2,1-2H3,(H2,14,18). The highest BCUT2D eigenvalue weighted by Gasteiger charge is 2.15. The molecule has 1 heterocycles. The first-order chi connectivity index (χ1) is 8.50. The van der Waals surface area contributed by atoms with E-state index >= 15 is 0 Å². The quantitative estimate of drug-likeness (QED) is 0.828. The van der Waals surface area contributed by atoms with Gasteiger partial charge < -0.3 is 11.5 Å². The number of anilines is 1. The first-order valence-electron chi connectivity index (χ1n) is 5.54. The molecular formula is C12H15N5O. The van der Waals surface area contributed by atoms with Gasteiger partial charge in [0.1, 0.15) is 0 Å². The van der Waals surface area contributed by atoms with Gasteiger partial charge >= 0.3 is 0 Å². The van der Waals surface area contributed by atoms with Crippen LogP contribution in [0.3, 0.4) is 0 Å². The van der Waals surface area contributed by atoms with E-state index in [-0.39, 0.29) is 11.5 Å². The average Bonchev–Trinajstić information content (AvgIpc) is 2.67. The van der Waals surface area contributed by atoms with E-state index in [0.29, 0.717) is 6.54 Å². The first kappa shape index (κ1) is 12.1. The number of nitrogens with two attached hydrogens (primary N) is 2. The molecule has 1 amide bonds. The van der Waals surface area contributed by atoms with Crippen molar-refractivity contribution in [2.45, 2.75) is 20.4 Å². The Morgan fingerprint density at radius 2 is 2.11 bits per heavy atom. The summed E-state index contributed by atoms with van der Waals surface area (Å²) in [7, 11) is 0. The van der Waals surface area contributed by atoms with Gasteiger partial charge in [-0.2, -0.15) is 0 Å². The van der Waals surface area contributed by atoms with E-state index < -0.39 is 5.91 Å². The normalized spacial score (nSPS) is 10.6. The van der Waals surface area contributed by atoms with Crippen LogP contribution in [0.15, 0.2) is 18.2 Å². The van der Waals surface area contributed by atoms with Crippen molar-refractivity contribution < 1.29 is 4.79 Å². The van der Waals surface area contributed by atoms with Crippen molar-refractivity contribution in [2.24, 2.45) is 5.73 Å². The van der Waals surface area contributed by atoms with Crippen LogP contribution in [0, 0.1) is 13.8 Å². The Morgan fingerprint density at radius 3 is 2.72 bits per heavy atom. The van der Waals surface area contributed by atoms with Crippen LogP contribution in [-0.2, 0) is 6.54 Å². The summed E-state index contributed by atoms with van der Waals surface area (Å²) in [6.45, 7) is 4.55. The maximum Gasteiger partial charge on any atom is 0.273 e. The fraction of sp³-hybridized carbons (Fsp3) is 0.250. The lowest BCUT2D eigenvalue weighted by atomic mass is 10.0. The number of carbonyl (C=O) groups excluding carboxylic acids is 1. The molecule has 0 fully saturated rings. The van der Waals surface area contributed by atoms with E-state index in [2.05, 4.69) is 10.3 Å². The van der Waals surface area contributed by atoms with E-state index in [0.717, 1.165) is 5.56 Å². The molecule has 0 saturated heterocycles. The van der Waals surface area contributed by atoms with E-state index in [1.54, 1.807) is 0 Å². The predicted octanol–water partition coefficient (Wildman–Crippen LogP) is 0.624. The lowest BCUT2D eigenvalue weighted by Crippen LogP contribution is -2.15. The molecule has 0 aliphatic heterocycles. The van der Waals surface area contributed by atoms with Crippen molar-refractivity contribution in [1.29, 1.82) is 0 Å². The molecule has 0 bridgehead atoms. The number of aromatic nitrogens is 3. The summed E-state index contributed by atoms with van der Waals surface area (Å²) < 4.78 is 1.47. The van der Waals surface area contributed by atoms with Crippen LogP contribution in [0.1, 0.15) is 27.2 Å². The molecule has 0 radical (unpaired) electrons. The zero-order chi connectivity index (χ0) is 13.3. The van der Waals surface area contributed by atoms with E-state index in [9.17, 15) is 4.79 Å². The SMILES string of the molecule is Cc1cccc(Cn2nnc(C(N)=O)c2N)c1C. The molecule has 2 aromatic rings. The second-order valence-corrected chi connectivity index (χ2v) is 4.20. The summed E-state index contributed by atoms with van der Waals surface area (Å²) in [4.78, 5) is 11.0. The minimum Gasteiger partial charge on any atom is -0.382 e. The third-order valence-electron chi connectivity index (χ3n) is 3.04. The zero-order valence-corrected chi connectivity index (χ0v) is 10.3. The van der Waals surface area contributed by atoms with Crippen molar-refractivity contribution in [1.82, 2.24) is 15.0 Å². The Bertz CT molecular complexity index is 603. The summed E-state index contributed by atoms with van der Waals surface area (Å²) in [6.07, 6.45) is 0. The highest BCUT2D eigenvalue weighted by molar-refractivity contribution is 5.94. The van der Waals surface area contributed by atoms with Crippen molar-refractivity contribution >= 4 is 11.7 Å². The number of hydrogen-bond donors (Lipinski definition) is 2. The highest BCUT2D eigenvalue weighted by Crippen LogP contribution is 2.16. The monoisotopic (exact) mass is 245 g/mol. The summed E-state index contributed by atoms with van der Waals surface area (Å²) in [5, 5.41) is 7.52. The third-order valence-corrected chi connectivity index (χ3v) is 3.04. The van der Waals surface area contributed by atoms with Gasteiger partial charge in [0.25, 0.3) is 5.91 Å². The Kier molecular flexibility index (Phi) is 3.01. The molecule has 0 aliphatic rings. The lowest BCUT2D eigenvalue weighted by Gasteiger charge is -2.09. The van der Waals surface area contributed by atoms with Crippen molar-refractivity contribution in [3.63, 3.8) is 0 Å². The van der Waals surface area contributed by atoms with Crippen LogP contribution in [0.4, 0.5) is 5.82 Å². The molecule has 1 aromatic carbocycles. The van der Waals surface area contributed by atoms with Crippen molar-refractivity contribution in [2.75, 3.05) is 5.73 Å². The third kappa shape index (κ3) is 2.04. The fourth-order valence-electron chi connectivity index (χ4n) is 1.76. The molecule has 0 saturated carbocycles. The van der Waals surface area contributed by atoms with Gasteiger partial charge in [-0.25, -0.2) is 4.68 Å². The maximum absolute atomic E-state index is 11.0. The van der Waals surface area contributed by atoms with Crippen LogP contribution in [0.25, 0.3) is 0 Å². The summed E-state index contributed by atoms with van der Waals surface area (Å²) in [5.74, 6) is -0.469. The summed E-state index contributed by atoms with van der Waals surface area (Å²) in [6, 6.07) is 6.01. The van der Waals surface area contributed by atoms with Gasteiger partial charge in [-0.15, -0.1) is 5.10 Å². The largest absolute Gasteiger partial charge is 0.382 e. The number of benzene rings is 1. The molecule has 2 rings (SSSR count). The number of hydrogen-bond acceptors (Lipinski definition) is 4. The minimum absolute atomic E-state index is 0.0142. The molecule has 18 heavy (non-hydrogen) atoms. The summed E-state index contributed by atoms with van der Waals surface area (Å²) in [5.41, 5.74) is 14.4. The first-order valence-corrected chi connectivity index (χ1v) is 5.54. The predicted molar refractivity (Wildman–Crippen MR) is 68.0 cm³/mol. The second-order valence-electron chi connectivity index (χ2n) is 4.20. The highest BCUT2D eigenvalue weighted by atomic mass is 16.1. The zero-order valence-electron chi connectivity index (χ0n) is 10.3. The Balaban J connectivity index is 2.35. The fourth-order valence-corrected chi connectivity index (χ4v) is 1.76. The number of primary amides is 1. The average molecular weight is 245 g/mol. The van der Waals surface area contributed by atoms with Gasteiger partial charge in [-0.1, -0.05) is 23.4 Å². The van der Waals surface area contributed by atoms with Gasteiger partial charge in [-0.3, -0.25) is 4.79 Å². The van der Waals surface area contributed by atoms with E-state index in [1.807, 2.05) is 32.0 Å². The molecule has 4 N–H and O–H groups in total. The molecule has 6 heteroatoms. The topological polar surface area (TPSA) is 99.8 Å². The molecule has 0 spiro atoms. The van der Waals surface area contributed by atoms with Crippen LogP contribution in [0.5, 0.6) is 0 Å². The molecule has 6 nitrogen and oxygen atoms in total. The Hall–Kier alpha value is -2.37. The number of rotatable bonds is 3. The molecular weight excluding hydrogens is 230 g/mol. The second kappa shape index (κ2) is 4.48. The van der Waals surface area contributed by atoms with Crippen LogP contribution < -0.4 is 11.5 Å². The Morgan fingerprint density at radius 1 is 1.39 bits per heavy atom. The molecule has 1 aromatic heterocycles. The Labute approximate surface area is 105 Å². The number of amides is 1. The van der Waals surface area contributed by atoms with E-state index in [4.69, 9.17) is 11.5 Å². The van der Waals surface area contributed by atoms with Crippen LogP contribution >= 0.6 is 0 Å². The number of carbonyl (C=O) groups is 1. The maximum atomic E-state index is 11.0. The summed E-state index contributed by atoms with van der Waals surface area (Å²) >= 11 is 0. The number of nitrogens with zero attached hydrogens (tertiary/aromatic N) is 3. The molecule has 0 atom stereocenters. The number of nitrogen functional groups attached to an aromatic ring is 1. The van der Waals surface area contributed by atoms with Crippen LogP contribution in [-0.4, -0.2) is 20.9 Å². The minimum atomic E-state index is -0.667. The van der Waals surface area contributed by atoms with Gasteiger partial charge in [0.05, 0.1) is 6.54 Å². The van der Waals surface area contributed by atoms with Gasteiger partial charge in [-0.05, 0) is 30.5 Å². The van der Waals surface area contributed by atoms with Gasteiger partial charge in [0, 0.05) is 0 Å². The molecule has 94 valence electrons.